The van der Waals surface area contributed by atoms with Gasteiger partial charge in [0.2, 0.25) is 11.8 Å². The maximum absolute atomic E-state index is 12.5. The van der Waals surface area contributed by atoms with Gasteiger partial charge in [-0.05, 0) is 30.3 Å². The molecular formula is C20H20N2O8S. The van der Waals surface area contributed by atoms with Crippen molar-refractivity contribution >= 4 is 33.5 Å². The molecule has 1 aliphatic rings. The maximum Gasteiger partial charge on any atom is 0.343 e. The Hall–Kier alpha value is -3.60. The minimum atomic E-state index is -3.97. The van der Waals surface area contributed by atoms with Crippen LogP contribution in [-0.2, 0) is 24.3 Å². The summed E-state index contributed by atoms with van der Waals surface area (Å²) < 4.78 is 41.6. The van der Waals surface area contributed by atoms with Crippen LogP contribution in [-0.4, -0.2) is 40.4 Å². The molecule has 11 heteroatoms. The average molecular weight is 448 g/mol. The third-order valence-corrected chi connectivity index (χ3v) is 5.92. The van der Waals surface area contributed by atoms with Gasteiger partial charge in [-0.15, -0.1) is 0 Å². The van der Waals surface area contributed by atoms with Crippen LogP contribution >= 0.6 is 0 Å². The van der Waals surface area contributed by atoms with E-state index in [0.717, 1.165) is 6.92 Å². The Morgan fingerprint density at radius 2 is 1.74 bits per heavy atom. The number of esters is 1. The molecule has 0 aliphatic carbocycles. The third-order valence-electron chi connectivity index (χ3n) is 4.48. The Bertz CT molecular complexity index is 1140. The molecule has 0 saturated carbocycles. The molecule has 3 rings (SSSR count). The highest BCUT2D eigenvalue weighted by atomic mass is 32.2. The highest BCUT2D eigenvalue weighted by molar-refractivity contribution is 7.90. The van der Waals surface area contributed by atoms with E-state index >= 15 is 0 Å². The summed E-state index contributed by atoms with van der Waals surface area (Å²) in [4.78, 5) is 35.6. The Labute approximate surface area is 178 Å². The van der Waals surface area contributed by atoms with E-state index in [2.05, 4.69) is 5.32 Å². The molecular weight excluding hydrogens is 428 g/mol. The number of hydrogen-bond acceptors (Lipinski definition) is 8. The minimum absolute atomic E-state index is 0.125. The minimum Gasteiger partial charge on any atom is -0.493 e. The van der Waals surface area contributed by atoms with Crippen molar-refractivity contribution in [3.8, 4) is 11.5 Å². The van der Waals surface area contributed by atoms with E-state index in [-0.39, 0.29) is 22.6 Å². The topological polar surface area (TPSA) is 137 Å². The van der Waals surface area contributed by atoms with Crippen molar-refractivity contribution in [3.05, 3.63) is 47.5 Å². The lowest BCUT2D eigenvalue weighted by molar-refractivity contribution is -0.118. The molecule has 1 atom stereocenters. The van der Waals surface area contributed by atoms with Gasteiger partial charge in [-0.25, -0.2) is 17.9 Å². The summed E-state index contributed by atoms with van der Waals surface area (Å²) in [6.07, 6.45) is -0.957. The number of cyclic esters (lactones) is 1. The molecule has 2 N–H and O–H groups in total. The predicted molar refractivity (Wildman–Crippen MR) is 108 cm³/mol. The number of carbonyl (C=O) groups is 3. The van der Waals surface area contributed by atoms with Crippen LogP contribution in [0.15, 0.2) is 41.3 Å². The molecule has 0 radical (unpaired) electrons. The van der Waals surface area contributed by atoms with Gasteiger partial charge in [-0.2, -0.15) is 0 Å². The zero-order valence-corrected chi connectivity index (χ0v) is 17.7. The molecule has 31 heavy (non-hydrogen) atoms. The number of carbonyl (C=O) groups excluding carboxylic acids is 3. The molecule has 1 unspecified atom stereocenters. The van der Waals surface area contributed by atoms with Crippen LogP contribution in [0.5, 0.6) is 11.5 Å². The fraction of sp³-hybridized carbons (Fsp3) is 0.250. The number of anilines is 1. The van der Waals surface area contributed by atoms with E-state index in [4.69, 9.17) is 14.2 Å². The molecule has 2 aromatic rings. The Balaban J connectivity index is 1.72. The Kier molecular flexibility index (Phi) is 6.16. The molecule has 164 valence electrons. The van der Waals surface area contributed by atoms with E-state index in [1.807, 2.05) is 4.72 Å². The highest BCUT2D eigenvalue weighted by Gasteiger charge is 2.36. The summed E-state index contributed by atoms with van der Waals surface area (Å²) >= 11 is 0. The van der Waals surface area contributed by atoms with Crippen molar-refractivity contribution in [2.45, 2.75) is 24.3 Å². The van der Waals surface area contributed by atoms with Gasteiger partial charge in [0, 0.05) is 18.2 Å². The average Bonchev–Trinajstić information content (AvgIpc) is 3.02. The lowest BCUT2D eigenvalue weighted by atomic mass is 10.0. The van der Waals surface area contributed by atoms with Crippen LogP contribution in [0.2, 0.25) is 0 Å². The number of methoxy groups -OCH3 is 2. The van der Waals surface area contributed by atoms with Crippen LogP contribution < -0.4 is 19.5 Å². The SMILES string of the molecule is COc1ccc2c(c1OC)C(=O)OC2CC(=O)Nc1ccc(S(=O)(=O)NC(C)=O)cc1. The molecule has 0 spiro atoms. The second-order valence-corrected chi connectivity index (χ2v) is 8.28. The van der Waals surface area contributed by atoms with E-state index in [9.17, 15) is 22.8 Å². The number of hydrogen-bond donors (Lipinski definition) is 2. The standard InChI is InChI=1S/C20H20N2O8S/c1-11(23)22-31(26,27)13-6-4-12(5-7-13)21-17(24)10-16-14-8-9-15(28-2)19(29-3)18(14)20(25)30-16/h4-9,16H,10H2,1-3H3,(H,21,24)(H,22,23). The van der Waals surface area contributed by atoms with Crippen LogP contribution in [0.1, 0.15) is 35.4 Å². The van der Waals surface area contributed by atoms with E-state index in [1.165, 1.54) is 38.5 Å². The van der Waals surface area contributed by atoms with Crippen molar-refractivity contribution in [2.75, 3.05) is 19.5 Å². The molecule has 0 bridgehead atoms. The summed E-state index contributed by atoms with van der Waals surface area (Å²) in [5.41, 5.74) is 1.06. The number of amides is 2. The van der Waals surface area contributed by atoms with E-state index in [0.29, 0.717) is 17.0 Å². The zero-order chi connectivity index (χ0) is 22.8. The van der Waals surface area contributed by atoms with Crippen molar-refractivity contribution in [1.82, 2.24) is 4.72 Å². The Morgan fingerprint density at radius 1 is 1.06 bits per heavy atom. The van der Waals surface area contributed by atoms with Crippen molar-refractivity contribution < 1.29 is 37.0 Å². The summed E-state index contributed by atoms with van der Waals surface area (Å²) in [6.45, 7) is 1.09. The molecule has 1 heterocycles. The molecule has 2 aromatic carbocycles. The second-order valence-electron chi connectivity index (χ2n) is 6.60. The van der Waals surface area contributed by atoms with Crippen molar-refractivity contribution in [2.24, 2.45) is 0 Å². The van der Waals surface area contributed by atoms with Crippen LogP contribution in [0.4, 0.5) is 5.69 Å². The summed E-state index contributed by atoms with van der Waals surface area (Å²) in [5, 5.41) is 2.62. The highest BCUT2D eigenvalue weighted by Crippen LogP contribution is 2.43. The molecule has 0 saturated heterocycles. The largest absolute Gasteiger partial charge is 0.493 e. The Morgan fingerprint density at radius 3 is 2.32 bits per heavy atom. The fourth-order valence-corrected chi connectivity index (χ4v) is 4.16. The molecule has 2 amide bonds. The third kappa shape index (κ3) is 4.61. The van der Waals surface area contributed by atoms with Crippen molar-refractivity contribution in [3.63, 3.8) is 0 Å². The first-order valence-electron chi connectivity index (χ1n) is 9.05. The number of rotatable bonds is 7. The van der Waals surface area contributed by atoms with Gasteiger partial charge in [-0.3, -0.25) is 9.59 Å². The summed E-state index contributed by atoms with van der Waals surface area (Å²) in [5.74, 6) is -1.16. The van der Waals surface area contributed by atoms with Gasteiger partial charge < -0.3 is 19.5 Å². The molecule has 10 nitrogen and oxygen atoms in total. The van der Waals surface area contributed by atoms with Crippen LogP contribution in [0.3, 0.4) is 0 Å². The number of ether oxygens (including phenoxy) is 3. The smallest absolute Gasteiger partial charge is 0.343 e. The summed E-state index contributed by atoms with van der Waals surface area (Å²) in [7, 11) is -1.12. The lowest BCUT2D eigenvalue weighted by Gasteiger charge is -2.13. The van der Waals surface area contributed by atoms with Gasteiger partial charge in [-0.1, -0.05) is 6.07 Å². The molecule has 0 aromatic heterocycles. The van der Waals surface area contributed by atoms with E-state index < -0.39 is 33.9 Å². The first kappa shape index (κ1) is 22.1. The first-order chi connectivity index (χ1) is 14.7. The van der Waals surface area contributed by atoms with Gasteiger partial charge in [0.15, 0.2) is 11.5 Å². The number of sulfonamides is 1. The number of nitrogens with one attached hydrogen (secondary N) is 2. The quantitative estimate of drug-likeness (QED) is 0.612. The number of benzene rings is 2. The first-order valence-corrected chi connectivity index (χ1v) is 10.5. The van der Waals surface area contributed by atoms with Gasteiger partial charge in [0.05, 0.1) is 25.5 Å². The maximum atomic E-state index is 12.5. The number of fused-ring (bicyclic) bond motifs is 1. The normalized spacial score (nSPS) is 14.9. The molecule has 0 fully saturated rings. The second kappa shape index (κ2) is 8.64. The van der Waals surface area contributed by atoms with Crippen molar-refractivity contribution in [1.29, 1.82) is 0 Å². The van der Waals surface area contributed by atoms with Gasteiger partial charge >= 0.3 is 5.97 Å². The fourth-order valence-electron chi connectivity index (χ4n) is 3.17. The monoisotopic (exact) mass is 448 g/mol. The van der Waals surface area contributed by atoms with Crippen LogP contribution in [0.25, 0.3) is 0 Å². The molecule has 1 aliphatic heterocycles. The lowest BCUT2D eigenvalue weighted by Crippen LogP contribution is -2.28. The predicted octanol–water partition coefficient (Wildman–Crippen LogP) is 1.77. The zero-order valence-electron chi connectivity index (χ0n) is 16.9. The van der Waals surface area contributed by atoms with Gasteiger partial charge in [0.25, 0.3) is 10.0 Å². The van der Waals surface area contributed by atoms with Crippen LogP contribution in [0, 0.1) is 0 Å². The van der Waals surface area contributed by atoms with E-state index in [1.54, 1.807) is 12.1 Å². The summed E-state index contributed by atoms with van der Waals surface area (Å²) in [6, 6.07) is 8.54. The van der Waals surface area contributed by atoms with Gasteiger partial charge in [0.1, 0.15) is 11.7 Å².